The summed E-state index contributed by atoms with van der Waals surface area (Å²) in [5.41, 5.74) is 1.69. The fraction of sp³-hybridized carbons (Fsp3) is 0.667. The maximum absolute atomic E-state index is 12.3. The van der Waals surface area contributed by atoms with Gasteiger partial charge in [0, 0.05) is 37.3 Å². The van der Waals surface area contributed by atoms with Crippen LogP contribution < -0.4 is 5.32 Å². The molecular weight excluding hydrogens is 252 g/mol. The molecule has 100 valence electrons. The monoisotopic (exact) mass is 270 g/mol. The number of carbonyl (C=O) groups excluding carboxylic acids is 1. The van der Waals surface area contributed by atoms with Crippen molar-refractivity contribution in [2.24, 2.45) is 0 Å². The number of H-pyrrole nitrogens is 1. The molecule has 1 aromatic rings. The molecule has 2 aliphatic rings. The molecule has 2 N–H and O–H groups in total. The number of aromatic nitrogens is 2. The van der Waals surface area contributed by atoms with Crippen LogP contribution >= 0.6 is 12.4 Å². The molecular formula is C12H19ClN4O. The molecule has 1 aliphatic carbocycles. The Bertz CT molecular complexity index is 429. The lowest BCUT2D eigenvalue weighted by molar-refractivity contribution is 0.0649. The van der Waals surface area contributed by atoms with Gasteiger partial charge in [-0.1, -0.05) is 0 Å². The first-order valence-corrected chi connectivity index (χ1v) is 6.32. The quantitative estimate of drug-likeness (QED) is 0.847. The van der Waals surface area contributed by atoms with Crippen LogP contribution in [0.5, 0.6) is 0 Å². The van der Waals surface area contributed by atoms with Crippen molar-refractivity contribution in [3.05, 3.63) is 17.5 Å². The first-order valence-electron chi connectivity index (χ1n) is 6.32. The van der Waals surface area contributed by atoms with E-state index in [2.05, 4.69) is 22.4 Å². The summed E-state index contributed by atoms with van der Waals surface area (Å²) in [5, 5.41) is 10.4. The van der Waals surface area contributed by atoms with Crippen LogP contribution in [0.2, 0.25) is 0 Å². The molecule has 0 bridgehead atoms. The number of nitrogens with zero attached hydrogens (tertiary/aromatic N) is 2. The Morgan fingerprint density at radius 2 is 2.28 bits per heavy atom. The van der Waals surface area contributed by atoms with E-state index in [9.17, 15) is 4.79 Å². The van der Waals surface area contributed by atoms with Crippen LogP contribution in [-0.2, 0) is 0 Å². The number of aromatic amines is 1. The Morgan fingerprint density at radius 1 is 1.50 bits per heavy atom. The van der Waals surface area contributed by atoms with Crippen molar-refractivity contribution in [3.63, 3.8) is 0 Å². The largest absolute Gasteiger partial charge is 0.332 e. The summed E-state index contributed by atoms with van der Waals surface area (Å²) in [6, 6.07) is 2.17. The second-order valence-corrected chi connectivity index (χ2v) is 5.03. The van der Waals surface area contributed by atoms with Crippen molar-refractivity contribution in [2.75, 3.05) is 19.6 Å². The fourth-order valence-electron chi connectivity index (χ4n) is 2.34. The number of rotatable bonds is 2. The molecule has 0 unspecified atom stereocenters. The van der Waals surface area contributed by atoms with Crippen LogP contribution in [0.25, 0.3) is 0 Å². The molecule has 1 saturated heterocycles. The molecule has 1 aromatic heterocycles. The zero-order chi connectivity index (χ0) is 11.8. The van der Waals surface area contributed by atoms with Gasteiger partial charge >= 0.3 is 0 Å². The van der Waals surface area contributed by atoms with Gasteiger partial charge in [-0.3, -0.25) is 9.89 Å². The van der Waals surface area contributed by atoms with E-state index < -0.39 is 0 Å². The minimum Gasteiger partial charge on any atom is -0.332 e. The minimum atomic E-state index is 0. The van der Waals surface area contributed by atoms with Gasteiger partial charge < -0.3 is 10.2 Å². The predicted octanol–water partition coefficient (Wildman–Crippen LogP) is 1.14. The SMILES string of the molecule is C[C@H]1CNCCN1C(=O)c1cc(C2CC2)[nH]n1.Cl. The molecule has 6 heteroatoms. The molecule has 1 saturated carbocycles. The first-order chi connectivity index (χ1) is 8.25. The molecule has 3 rings (SSSR count). The summed E-state index contributed by atoms with van der Waals surface area (Å²) >= 11 is 0. The summed E-state index contributed by atoms with van der Waals surface area (Å²) in [4.78, 5) is 14.2. The van der Waals surface area contributed by atoms with Crippen molar-refractivity contribution in [1.82, 2.24) is 20.4 Å². The van der Waals surface area contributed by atoms with Gasteiger partial charge in [0.1, 0.15) is 5.69 Å². The number of carbonyl (C=O) groups is 1. The summed E-state index contributed by atoms with van der Waals surface area (Å²) in [6.45, 7) is 4.58. The van der Waals surface area contributed by atoms with Crippen molar-refractivity contribution < 1.29 is 4.79 Å². The lowest BCUT2D eigenvalue weighted by atomic mass is 10.2. The van der Waals surface area contributed by atoms with Gasteiger partial charge in [-0.25, -0.2) is 0 Å². The highest BCUT2D eigenvalue weighted by molar-refractivity contribution is 5.92. The summed E-state index contributed by atoms with van der Waals surface area (Å²) in [6.07, 6.45) is 2.44. The number of amides is 1. The lowest BCUT2D eigenvalue weighted by Gasteiger charge is -2.33. The topological polar surface area (TPSA) is 61.0 Å². The van der Waals surface area contributed by atoms with Crippen molar-refractivity contribution >= 4 is 18.3 Å². The standard InChI is InChI=1S/C12H18N4O.ClH/c1-8-7-13-4-5-16(8)12(17)11-6-10(14-15-11)9-2-3-9;/h6,8-9,13H,2-5,7H2,1H3,(H,14,15);1H/t8-;/m0./s1. The van der Waals surface area contributed by atoms with Crippen molar-refractivity contribution in [2.45, 2.75) is 31.7 Å². The highest BCUT2D eigenvalue weighted by atomic mass is 35.5. The maximum atomic E-state index is 12.3. The van der Waals surface area contributed by atoms with Crippen LogP contribution in [0.3, 0.4) is 0 Å². The van der Waals surface area contributed by atoms with E-state index in [1.54, 1.807) is 0 Å². The molecule has 2 fully saturated rings. The van der Waals surface area contributed by atoms with Crippen LogP contribution in [0, 0.1) is 0 Å². The summed E-state index contributed by atoms with van der Waals surface area (Å²) < 4.78 is 0. The number of hydrogen-bond donors (Lipinski definition) is 2. The summed E-state index contributed by atoms with van der Waals surface area (Å²) in [7, 11) is 0. The second-order valence-electron chi connectivity index (χ2n) is 5.03. The number of hydrogen-bond acceptors (Lipinski definition) is 3. The Labute approximate surface area is 113 Å². The molecule has 0 radical (unpaired) electrons. The van der Waals surface area contributed by atoms with Gasteiger partial charge in [0.2, 0.25) is 0 Å². The third-order valence-corrected chi connectivity index (χ3v) is 3.60. The molecule has 0 spiro atoms. The average Bonchev–Trinajstić information content (AvgIpc) is 3.07. The van der Waals surface area contributed by atoms with Gasteiger partial charge in [0.15, 0.2) is 0 Å². The molecule has 1 aliphatic heterocycles. The maximum Gasteiger partial charge on any atom is 0.274 e. The van der Waals surface area contributed by atoms with E-state index in [1.807, 2.05) is 11.0 Å². The second kappa shape index (κ2) is 5.28. The third kappa shape index (κ3) is 2.52. The zero-order valence-corrected chi connectivity index (χ0v) is 11.3. The van der Waals surface area contributed by atoms with Crippen LogP contribution in [0.15, 0.2) is 6.07 Å². The number of piperazine rings is 1. The fourth-order valence-corrected chi connectivity index (χ4v) is 2.34. The van der Waals surface area contributed by atoms with Crippen LogP contribution in [0.1, 0.15) is 41.9 Å². The van der Waals surface area contributed by atoms with Gasteiger partial charge in [-0.05, 0) is 25.8 Å². The molecule has 2 heterocycles. The highest BCUT2D eigenvalue weighted by Crippen LogP contribution is 2.39. The van der Waals surface area contributed by atoms with E-state index >= 15 is 0 Å². The van der Waals surface area contributed by atoms with E-state index in [0.29, 0.717) is 11.6 Å². The Kier molecular flexibility index (Phi) is 3.92. The van der Waals surface area contributed by atoms with Crippen LogP contribution in [-0.4, -0.2) is 46.7 Å². The molecule has 0 aromatic carbocycles. The Hall–Kier alpha value is -1.07. The van der Waals surface area contributed by atoms with Crippen molar-refractivity contribution in [3.8, 4) is 0 Å². The lowest BCUT2D eigenvalue weighted by Crippen LogP contribution is -2.52. The van der Waals surface area contributed by atoms with Crippen LogP contribution in [0.4, 0.5) is 0 Å². The first kappa shape index (κ1) is 13.4. The van der Waals surface area contributed by atoms with Gasteiger partial charge in [0.25, 0.3) is 5.91 Å². The zero-order valence-electron chi connectivity index (χ0n) is 10.5. The predicted molar refractivity (Wildman–Crippen MR) is 71.2 cm³/mol. The Balaban J connectivity index is 0.00000120. The number of nitrogens with one attached hydrogen (secondary N) is 2. The normalized spacial score (nSPS) is 23.6. The molecule has 1 atom stereocenters. The smallest absolute Gasteiger partial charge is 0.274 e. The summed E-state index contributed by atoms with van der Waals surface area (Å²) in [5.74, 6) is 0.673. The van der Waals surface area contributed by atoms with E-state index in [-0.39, 0.29) is 24.4 Å². The number of halogens is 1. The highest BCUT2D eigenvalue weighted by Gasteiger charge is 2.29. The van der Waals surface area contributed by atoms with E-state index in [0.717, 1.165) is 25.3 Å². The van der Waals surface area contributed by atoms with E-state index in [1.165, 1.54) is 12.8 Å². The molecule has 18 heavy (non-hydrogen) atoms. The van der Waals surface area contributed by atoms with Crippen molar-refractivity contribution in [1.29, 1.82) is 0 Å². The van der Waals surface area contributed by atoms with Gasteiger partial charge in [0.05, 0.1) is 0 Å². The van der Waals surface area contributed by atoms with E-state index in [4.69, 9.17) is 0 Å². The minimum absolute atomic E-state index is 0. The Morgan fingerprint density at radius 3 is 2.94 bits per heavy atom. The molecule has 1 amide bonds. The van der Waals surface area contributed by atoms with Gasteiger partial charge in [-0.15, -0.1) is 12.4 Å². The average molecular weight is 271 g/mol. The molecule has 5 nitrogen and oxygen atoms in total. The third-order valence-electron chi connectivity index (χ3n) is 3.60. The van der Waals surface area contributed by atoms with Gasteiger partial charge in [-0.2, -0.15) is 5.10 Å².